The van der Waals surface area contributed by atoms with Gasteiger partial charge in [-0.2, -0.15) is 4.31 Å². The Morgan fingerprint density at radius 3 is 2.65 bits per heavy atom. The Hall–Kier alpha value is -1.73. The maximum Gasteiger partial charge on any atom is 0.266 e. The predicted molar refractivity (Wildman–Crippen MR) is 75.0 cm³/mol. The largest absolute Gasteiger partial charge is 0.319 e. The molecular weight excluding hydrogens is 278 g/mol. The maximum absolute atomic E-state index is 12.5. The summed E-state index contributed by atoms with van der Waals surface area (Å²) >= 11 is 0. The summed E-state index contributed by atoms with van der Waals surface area (Å²) in [6.45, 7) is 1.14. The highest BCUT2D eigenvalue weighted by atomic mass is 32.2. The van der Waals surface area contributed by atoms with Crippen LogP contribution in [0.15, 0.2) is 34.1 Å². The van der Waals surface area contributed by atoms with Crippen LogP contribution in [0.4, 0.5) is 0 Å². The SMILES string of the molecule is O=c1cnc2cc(S(=O)(=O)N3CCCCC3)ccc2[nH]1. The number of H-pyrrole nitrogens is 1. The molecule has 0 bridgehead atoms. The number of hydrogen-bond donors (Lipinski definition) is 1. The van der Waals surface area contributed by atoms with Crippen molar-refractivity contribution in [1.82, 2.24) is 14.3 Å². The Balaban J connectivity index is 2.04. The van der Waals surface area contributed by atoms with Crippen molar-refractivity contribution in [2.75, 3.05) is 13.1 Å². The highest BCUT2D eigenvalue weighted by Crippen LogP contribution is 2.22. The van der Waals surface area contributed by atoms with Crippen LogP contribution in [-0.4, -0.2) is 35.8 Å². The van der Waals surface area contributed by atoms with Crippen LogP contribution in [0.25, 0.3) is 11.0 Å². The van der Waals surface area contributed by atoms with Crippen LogP contribution in [0.5, 0.6) is 0 Å². The molecule has 2 aromatic rings. The summed E-state index contributed by atoms with van der Waals surface area (Å²) in [5, 5.41) is 0. The zero-order chi connectivity index (χ0) is 14.2. The minimum absolute atomic E-state index is 0.228. The van der Waals surface area contributed by atoms with Gasteiger partial charge in [0.2, 0.25) is 10.0 Å². The fourth-order valence-corrected chi connectivity index (χ4v) is 3.97. The van der Waals surface area contributed by atoms with E-state index in [-0.39, 0.29) is 10.5 Å². The zero-order valence-electron chi connectivity index (χ0n) is 10.9. The molecule has 1 aromatic heterocycles. The van der Waals surface area contributed by atoms with E-state index in [0.717, 1.165) is 25.5 Å². The molecule has 1 N–H and O–H groups in total. The van der Waals surface area contributed by atoms with Crippen molar-refractivity contribution in [3.8, 4) is 0 Å². The van der Waals surface area contributed by atoms with Crippen molar-refractivity contribution >= 4 is 21.1 Å². The van der Waals surface area contributed by atoms with Crippen molar-refractivity contribution < 1.29 is 8.42 Å². The first kappa shape index (κ1) is 13.3. The normalized spacial score (nSPS) is 17.4. The summed E-state index contributed by atoms with van der Waals surface area (Å²) in [6, 6.07) is 4.61. The molecule has 0 spiro atoms. The lowest BCUT2D eigenvalue weighted by Crippen LogP contribution is -2.35. The topological polar surface area (TPSA) is 83.1 Å². The first-order valence-electron chi connectivity index (χ1n) is 6.57. The molecule has 1 aromatic carbocycles. The molecule has 7 heteroatoms. The number of aromatic amines is 1. The van der Waals surface area contributed by atoms with Gasteiger partial charge >= 0.3 is 0 Å². The Bertz CT molecular complexity index is 792. The molecule has 0 aliphatic carbocycles. The quantitative estimate of drug-likeness (QED) is 0.898. The third-order valence-corrected chi connectivity index (χ3v) is 5.40. The second kappa shape index (κ2) is 4.99. The molecular formula is C13H15N3O3S. The van der Waals surface area contributed by atoms with Crippen molar-refractivity contribution in [3.63, 3.8) is 0 Å². The summed E-state index contributed by atoms with van der Waals surface area (Å²) in [7, 11) is -3.46. The molecule has 0 saturated carbocycles. The standard InChI is InChI=1S/C13H15N3O3S/c17-13-9-14-12-8-10(4-5-11(12)15-13)20(18,19)16-6-2-1-3-7-16/h4-5,8-9H,1-3,6-7H2,(H,15,17). The highest BCUT2D eigenvalue weighted by molar-refractivity contribution is 7.89. The van der Waals surface area contributed by atoms with Gasteiger partial charge in [0, 0.05) is 13.1 Å². The minimum atomic E-state index is -3.46. The number of nitrogens with one attached hydrogen (secondary N) is 1. The van der Waals surface area contributed by atoms with Crippen molar-refractivity contribution in [1.29, 1.82) is 0 Å². The molecule has 0 radical (unpaired) electrons. The van der Waals surface area contributed by atoms with Crippen LogP contribution >= 0.6 is 0 Å². The van der Waals surface area contributed by atoms with Gasteiger partial charge in [0.1, 0.15) is 0 Å². The second-order valence-electron chi connectivity index (χ2n) is 4.89. The van der Waals surface area contributed by atoms with Crippen molar-refractivity contribution in [2.24, 2.45) is 0 Å². The molecule has 3 rings (SSSR count). The average Bonchev–Trinajstić information content (AvgIpc) is 2.47. The van der Waals surface area contributed by atoms with Gasteiger partial charge in [-0.25, -0.2) is 13.4 Å². The summed E-state index contributed by atoms with van der Waals surface area (Å²) in [6.07, 6.45) is 4.03. The van der Waals surface area contributed by atoms with Gasteiger partial charge in [0.05, 0.1) is 22.1 Å². The van der Waals surface area contributed by atoms with Gasteiger partial charge < -0.3 is 4.98 Å². The van der Waals surface area contributed by atoms with Crippen LogP contribution in [0.1, 0.15) is 19.3 Å². The molecule has 106 valence electrons. The smallest absolute Gasteiger partial charge is 0.266 e. The van der Waals surface area contributed by atoms with Gasteiger partial charge in [0.15, 0.2) is 0 Å². The van der Waals surface area contributed by atoms with E-state index >= 15 is 0 Å². The van der Waals surface area contributed by atoms with E-state index in [2.05, 4.69) is 9.97 Å². The van der Waals surface area contributed by atoms with Gasteiger partial charge in [-0.3, -0.25) is 4.79 Å². The van der Waals surface area contributed by atoms with Gasteiger partial charge in [-0.05, 0) is 31.0 Å². The predicted octanol–water partition coefficient (Wildman–Crippen LogP) is 1.10. The van der Waals surface area contributed by atoms with Crippen molar-refractivity contribution in [3.05, 3.63) is 34.7 Å². The third kappa shape index (κ3) is 2.34. The van der Waals surface area contributed by atoms with E-state index in [9.17, 15) is 13.2 Å². The average molecular weight is 293 g/mol. The number of rotatable bonds is 2. The molecule has 2 heterocycles. The monoisotopic (exact) mass is 293 g/mol. The number of fused-ring (bicyclic) bond motifs is 1. The zero-order valence-corrected chi connectivity index (χ0v) is 11.7. The molecule has 6 nitrogen and oxygen atoms in total. The van der Waals surface area contributed by atoms with Gasteiger partial charge in [0.25, 0.3) is 5.56 Å². The van der Waals surface area contributed by atoms with Crippen LogP contribution in [0.3, 0.4) is 0 Å². The first-order valence-corrected chi connectivity index (χ1v) is 8.01. The Labute approximate surface area is 116 Å². The lowest BCUT2D eigenvalue weighted by molar-refractivity contribution is 0.346. The highest BCUT2D eigenvalue weighted by Gasteiger charge is 2.26. The van der Waals surface area contributed by atoms with E-state index in [1.807, 2.05) is 0 Å². The molecule has 1 aliphatic rings. The Morgan fingerprint density at radius 2 is 1.90 bits per heavy atom. The molecule has 0 atom stereocenters. The molecule has 0 unspecified atom stereocenters. The van der Waals surface area contributed by atoms with Crippen molar-refractivity contribution in [2.45, 2.75) is 24.2 Å². The Kier molecular flexibility index (Phi) is 3.31. The summed E-state index contributed by atoms with van der Waals surface area (Å²) < 4.78 is 26.6. The number of sulfonamides is 1. The fourth-order valence-electron chi connectivity index (χ4n) is 2.43. The van der Waals surface area contributed by atoms with E-state index in [0.29, 0.717) is 24.1 Å². The molecule has 20 heavy (non-hydrogen) atoms. The third-order valence-electron chi connectivity index (χ3n) is 3.50. The van der Waals surface area contributed by atoms with Gasteiger partial charge in [-0.15, -0.1) is 0 Å². The second-order valence-corrected chi connectivity index (χ2v) is 6.83. The van der Waals surface area contributed by atoms with Crippen LogP contribution in [0.2, 0.25) is 0 Å². The molecule has 1 saturated heterocycles. The summed E-state index contributed by atoms with van der Waals surface area (Å²) in [4.78, 5) is 18.0. The van der Waals surface area contributed by atoms with Crippen LogP contribution in [0, 0.1) is 0 Å². The molecule has 1 fully saturated rings. The van der Waals surface area contributed by atoms with E-state index in [1.165, 1.54) is 16.4 Å². The number of aromatic nitrogens is 2. The first-order chi connectivity index (χ1) is 9.57. The Morgan fingerprint density at radius 1 is 1.15 bits per heavy atom. The fraction of sp³-hybridized carbons (Fsp3) is 0.385. The number of benzene rings is 1. The summed E-state index contributed by atoms with van der Waals surface area (Å²) in [5.74, 6) is 0. The lowest BCUT2D eigenvalue weighted by atomic mass is 10.2. The number of nitrogens with zero attached hydrogens (tertiary/aromatic N) is 2. The minimum Gasteiger partial charge on any atom is -0.319 e. The van der Waals surface area contributed by atoms with E-state index in [1.54, 1.807) is 6.07 Å². The summed E-state index contributed by atoms with van der Waals surface area (Å²) in [5.41, 5.74) is 0.710. The van der Waals surface area contributed by atoms with Crippen LogP contribution < -0.4 is 5.56 Å². The van der Waals surface area contributed by atoms with Gasteiger partial charge in [-0.1, -0.05) is 6.42 Å². The molecule has 1 aliphatic heterocycles. The van der Waals surface area contributed by atoms with E-state index < -0.39 is 10.0 Å². The lowest BCUT2D eigenvalue weighted by Gasteiger charge is -2.25. The maximum atomic E-state index is 12.5. The van der Waals surface area contributed by atoms with Crippen LogP contribution in [-0.2, 0) is 10.0 Å². The number of hydrogen-bond acceptors (Lipinski definition) is 4. The molecule has 0 amide bonds. The number of piperidine rings is 1. The van der Waals surface area contributed by atoms with E-state index in [4.69, 9.17) is 0 Å².